The van der Waals surface area contributed by atoms with E-state index in [0.29, 0.717) is 0 Å². The van der Waals surface area contributed by atoms with Crippen molar-refractivity contribution in [2.24, 2.45) is 0 Å². The van der Waals surface area contributed by atoms with Gasteiger partial charge in [0.05, 0.1) is 0 Å². The molecule has 0 spiro atoms. The van der Waals surface area contributed by atoms with Crippen LogP contribution in [0.1, 0.15) is 0 Å². The zero-order valence-corrected chi connectivity index (χ0v) is 8.31. The smallest absolute Gasteiger partial charge is 1.00 e. The van der Waals surface area contributed by atoms with Gasteiger partial charge in [0.25, 0.3) is 0 Å². The van der Waals surface area contributed by atoms with E-state index in [-0.39, 0.29) is 41.2 Å². The Labute approximate surface area is 91.7 Å². The van der Waals surface area contributed by atoms with Crippen LogP contribution < -0.4 is 17.1 Å². The number of hydrogen-bond donors (Lipinski definition) is 0. The van der Waals surface area contributed by atoms with Crippen molar-refractivity contribution < 1.29 is 25.9 Å². The first-order valence-corrected chi connectivity index (χ1v) is 2.70. The molecule has 5 heteroatoms. The SMILES string of the molecule is FC(F)Oc1cc[c-]cc1.[Cl-].[Mg+2]. The molecule has 0 amide bonds. The summed E-state index contributed by atoms with van der Waals surface area (Å²) in [7, 11) is 0. The number of benzene rings is 1. The quantitative estimate of drug-likeness (QED) is 0.429. The summed E-state index contributed by atoms with van der Waals surface area (Å²) in [4.78, 5) is 0. The van der Waals surface area contributed by atoms with Gasteiger partial charge in [-0.3, -0.25) is 0 Å². The fourth-order valence-electron chi connectivity index (χ4n) is 0.553. The number of hydrogen-bond acceptors (Lipinski definition) is 1. The number of ether oxygens (including phenoxy) is 1. The molecule has 0 aliphatic carbocycles. The first-order chi connectivity index (χ1) is 4.79. The second-order valence-electron chi connectivity index (χ2n) is 1.61. The van der Waals surface area contributed by atoms with Crippen molar-refractivity contribution in [3.8, 4) is 5.75 Å². The summed E-state index contributed by atoms with van der Waals surface area (Å²) >= 11 is 0. The van der Waals surface area contributed by atoms with Gasteiger partial charge in [-0.1, -0.05) is 0 Å². The maximum Gasteiger partial charge on any atom is 2.00 e. The number of rotatable bonds is 2. The summed E-state index contributed by atoms with van der Waals surface area (Å²) in [6.45, 7) is -2.75. The predicted octanol–water partition coefficient (Wildman–Crippen LogP) is -1.29. The second kappa shape index (κ2) is 7.58. The van der Waals surface area contributed by atoms with E-state index in [1.54, 1.807) is 0 Å². The molecule has 1 nitrogen and oxygen atoms in total. The van der Waals surface area contributed by atoms with E-state index in [2.05, 4.69) is 10.8 Å². The van der Waals surface area contributed by atoms with Gasteiger partial charge in [-0.15, -0.1) is 12.1 Å². The molecule has 0 heterocycles. The van der Waals surface area contributed by atoms with Crippen LogP contribution in [0.4, 0.5) is 8.78 Å². The molecule has 0 radical (unpaired) electrons. The van der Waals surface area contributed by atoms with E-state index in [1.807, 2.05) is 0 Å². The van der Waals surface area contributed by atoms with Crippen molar-refractivity contribution in [3.63, 3.8) is 0 Å². The molecule has 0 bridgehead atoms. The Morgan fingerprint density at radius 2 is 1.75 bits per heavy atom. The summed E-state index contributed by atoms with van der Waals surface area (Å²) in [5, 5.41) is 0. The fourth-order valence-corrected chi connectivity index (χ4v) is 0.553. The summed E-state index contributed by atoms with van der Waals surface area (Å²) < 4.78 is 27.0. The molecule has 0 fully saturated rings. The van der Waals surface area contributed by atoms with E-state index in [1.165, 1.54) is 24.3 Å². The van der Waals surface area contributed by atoms with Gasteiger partial charge in [-0.05, 0) is 0 Å². The molecule has 1 rings (SSSR count). The van der Waals surface area contributed by atoms with Crippen molar-refractivity contribution >= 4 is 23.1 Å². The third-order valence-corrected chi connectivity index (χ3v) is 0.913. The molecule has 0 aromatic heterocycles. The molecule has 1 aromatic carbocycles. The van der Waals surface area contributed by atoms with Crippen LogP contribution in [0.15, 0.2) is 24.3 Å². The maximum atomic E-state index is 11.5. The van der Waals surface area contributed by atoms with Crippen molar-refractivity contribution in [2.45, 2.75) is 6.61 Å². The third-order valence-electron chi connectivity index (χ3n) is 0.913. The zero-order chi connectivity index (χ0) is 7.40. The molecule has 0 saturated heterocycles. The summed E-state index contributed by atoms with van der Waals surface area (Å²) in [6.07, 6.45) is 0. The largest absolute Gasteiger partial charge is 2.00 e. The topological polar surface area (TPSA) is 9.23 Å². The van der Waals surface area contributed by atoms with Crippen molar-refractivity contribution in [2.75, 3.05) is 0 Å². The molecular formula is C7H5ClF2MgO. The minimum Gasteiger partial charge on any atom is -1.00 e. The Morgan fingerprint density at radius 3 is 2.17 bits per heavy atom. The molecule has 0 atom stereocenters. The van der Waals surface area contributed by atoms with Crippen LogP contribution >= 0.6 is 0 Å². The van der Waals surface area contributed by atoms with Crippen molar-refractivity contribution in [1.82, 2.24) is 0 Å². The van der Waals surface area contributed by atoms with Gasteiger partial charge >= 0.3 is 29.7 Å². The van der Waals surface area contributed by atoms with Gasteiger partial charge in [0.15, 0.2) is 0 Å². The monoisotopic (exact) mass is 202 g/mol. The molecule has 62 valence electrons. The van der Waals surface area contributed by atoms with Gasteiger partial charge in [0.1, 0.15) is 0 Å². The zero-order valence-electron chi connectivity index (χ0n) is 6.14. The van der Waals surface area contributed by atoms with Crippen LogP contribution in [0, 0.1) is 6.07 Å². The molecule has 0 aliphatic rings. The number of halogens is 3. The fraction of sp³-hybridized carbons (Fsp3) is 0.143. The van der Waals surface area contributed by atoms with E-state index in [4.69, 9.17) is 0 Å². The summed E-state index contributed by atoms with van der Waals surface area (Å²) in [5.74, 6) is 0.161. The van der Waals surface area contributed by atoms with Gasteiger partial charge in [-0.2, -0.15) is 27.0 Å². The average molecular weight is 203 g/mol. The molecule has 0 unspecified atom stereocenters. The normalized spacial score (nSPS) is 8.25. The van der Waals surface area contributed by atoms with Gasteiger partial charge in [0, 0.05) is 5.75 Å². The van der Waals surface area contributed by atoms with E-state index < -0.39 is 6.61 Å². The van der Waals surface area contributed by atoms with E-state index >= 15 is 0 Å². The van der Waals surface area contributed by atoms with Gasteiger partial charge in [-0.25, -0.2) is 0 Å². The van der Waals surface area contributed by atoms with Crippen LogP contribution in [0.5, 0.6) is 5.75 Å². The van der Waals surface area contributed by atoms with Gasteiger partial charge in [0.2, 0.25) is 0 Å². The van der Waals surface area contributed by atoms with Crippen LogP contribution in [0.25, 0.3) is 0 Å². The first kappa shape index (κ1) is 14.5. The molecule has 0 saturated carbocycles. The average Bonchev–Trinajstić information content (AvgIpc) is 1.88. The molecule has 1 aromatic rings. The summed E-state index contributed by atoms with van der Waals surface area (Å²) in [6, 6.07) is 8.55. The minimum absolute atomic E-state index is 0. The van der Waals surface area contributed by atoms with Gasteiger partial charge < -0.3 is 17.1 Å². The predicted molar refractivity (Wildman–Crippen MR) is 37.7 cm³/mol. The van der Waals surface area contributed by atoms with Crippen molar-refractivity contribution in [3.05, 3.63) is 30.3 Å². The van der Waals surface area contributed by atoms with Crippen LogP contribution in [-0.4, -0.2) is 29.7 Å². The Hall–Kier alpha value is -0.0638. The Morgan fingerprint density at radius 1 is 1.25 bits per heavy atom. The van der Waals surface area contributed by atoms with Crippen molar-refractivity contribution in [1.29, 1.82) is 0 Å². The maximum absolute atomic E-state index is 11.5. The summed E-state index contributed by atoms with van der Waals surface area (Å²) in [5.41, 5.74) is 0. The standard InChI is InChI=1S/C7H5F2O.ClH.Mg/c8-7(9)10-6-4-2-1-3-5-6;;/h2-5,7H;1H;/q-1;;+2/p-1. The molecule has 0 N–H and O–H groups in total. The first-order valence-electron chi connectivity index (χ1n) is 2.70. The second-order valence-corrected chi connectivity index (χ2v) is 1.61. The van der Waals surface area contributed by atoms with Crippen LogP contribution in [0.3, 0.4) is 0 Å². The third kappa shape index (κ3) is 5.57. The molecule has 12 heavy (non-hydrogen) atoms. The van der Waals surface area contributed by atoms with Crippen LogP contribution in [0.2, 0.25) is 0 Å². The Kier molecular flexibility index (Phi) is 9.13. The Bertz CT molecular complexity index is 196. The molecular weight excluding hydrogens is 198 g/mol. The van der Waals surface area contributed by atoms with Crippen LogP contribution in [-0.2, 0) is 0 Å². The van der Waals surface area contributed by atoms with E-state index in [9.17, 15) is 8.78 Å². The van der Waals surface area contributed by atoms with E-state index in [0.717, 1.165) is 0 Å². The number of alkyl halides is 2. The molecule has 0 aliphatic heterocycles. The minimum atomic E-state index is -2.75. The Balaban J connectivity index is 0.